The van der Waals surface area contributed by atoms with Crippen LogP contribution >= 0.6 is 0 Å². The average Bonchev–Trinajstić information content (AvgIpc) is 3.13. The Morgan fingerprint density at radius 3 is 2.69 bits per heavy atom. The van der Waals surface area contributed by atoms with Gasteiger partial charge in [0, 0.05) is 54.5 Å². The first-order valence-electron chi connectivity index (χ1n) is 10.7. The number of aryl methyl sites for hydroxylation is 2. The van der Waals surface area contributed by atoms with Crippen molar-refractivity contribution in [2.45, 2.75) is 70.9 Å². The summed E-state index contributed by atoms with van der Waals surface area (Å²) in [5.74, 6) is 1.32. The van der Waals surface area contributed by atoms with Crippen molar-refractivity contribution < 1.29 is 4.79 Å². The van der Waals surface area contributed by atoms with Crippen molar-refractivity contribution in [2.24, 2.45) is 13.0 Å². The number of fused-ring (bicyclic) bond motifs is 1. The molecule has 0 aromatic carbocycles. The van der Waals surface area contributed by atoms with Crippen LogP contribution < -0.4 is 5.32 Å². The number of aromatic nitrogens is 4. The second kappa shape index (κ2) is 7.76. The van der Waals surface area contributed by atoms with Gasteiger partial charge >= 0.3 is 0 Å². The van der Waals surface area contributed by atoms with Crippen LogP contribution in [0.5, 0.6) is 0 Å². The third-order valence-electron chi connectivity index (χ3n) is 6.13. The van der Waals surface area contributed by atoms with Gasteiger partial charge in [-0.2, -0.15) is 5.10 Å². The molecular weight excluding hydrogens is 364 g/mol. The Hall–Kier alpha value is -2.44. The summed E-state index contributed by atoms with van der Waals surface area (Å²) in [5, 5.41) is 7.95. The SMILES string of the molecule is Cn1cc([C@@H]2[C@@H](CNc3ncnc4c3CCCCC4)CC(=O)N2C(C)(C)C)cn1. The van der Waals surface area contributed by atoms with Crippen molar-refractivity contribution in [3.63, 3.8) is 0 Å². The molecule has 4 rings (SSSR count). The predicted octanol–water partition coefficient (Wildman–Crippen LogP) is 3.28. The van der Waals surface area contributed by atoms with Gasteiger partial charge in [0.2, 0.25) is 5.91 Å². The summed E-state index contributed by atoms with van der Waals surface area (Å²) in [6.45, 7) is 7.03. The van der Waals surface area contributed by atoms with E-state index in [4.69, 9.17) is 0 Å². The summed E-state index contributed by atoms with van der Waals surface area (Å²) in [4.78, 5) is 24.1. The molecule has 0 bridgehead atoms. The van der Waals surface area contributed by atoms with E-state index in [1.54, 1.807) is 6.33 Å². The highest BCUT2D eigenvalue weighted by Gasteiger charge is 2.45. The van der Waals surface area contributed by atoms with Crippen molar-refractivity contribution >= 4 is 11.7 Å². The van der Waals surface area contributed by atoms with Crippen molar-refractivity contribution in [3.05, 3.63) is 35.5 Å². The highest BCUT2D eigenvalue weighted by molar-refractivity contribution is 5.80. The van der Waals surface area contributed by atoms with Crippen LogP contribution in [0.3, 0.4) is 0 Å². The molecule has 0 spiro atoms. The lowest BCUT2D eigenvalue weighted by molar-refractivity contribution is -0.133. The maximum atomic E-state index is 13.0. The highest BCUT2D eigenvalue weighted by atomic mass is 16.2. The Balaban J connectivity index is 1.59. The van der Waals surface area contributed by atoms with E-state index in [0.29, 0.717) is 13.0 Å². The maximum absolute atomic E-state index is 13.0. The second-order valence-corrected chi connectivity index (χ2v) is 9.38. The van der Waals surface area contributed by atoms with E-state index < -0.39 is 0 Å². The number of nitrogens with zero attached hydrogens (tertiary/aromatic N) is 5. The van der Waals surface area contributed by atoms with E-state index in [-0.39, 0.29) is 23.4 Å². The Labute approximate surface area is 172 Å². The largest absolute Gasteiger partial charge is 0.369 e. The zero-order valence-corrected chi connectivity index (χ0v) is 18.0. The Morgan fingerprint density at radius 1 is 1.17 bits per heavy atom. The van der Waals surface area contributed by atoms with Gasteiger partial charge in [0.15, 0.2) is 0 Å². The Bertz CT molecular complexity index is 884. The first-order valence-corrected chi connectivity index (χ1v) is 10.7. The highest BCUT2D eigenvalue weighted by Crippen LogP contribution is 2.42. The van der Waals surface area contributed by atoms with E-state index in [0.717, 1.165) is 24.2 Å². The molecule has 1 fully saturated rings. The fraction of sp³-hybridized carbons (Fsp3) is 0.636. The van der Waals surface area contributed by atoms with Gasteiger partial charge in [-0.15, -0.1) is 0 Å². The minimum Gasteiger partial charge on any atom is -0.369 e. The molecule has 1 aliphatic heterocycles. The molecule has 1 amide bonds. The van der Waals surface area contributed by atoms with Crippen molar-refractivity contribution in [1.82, 2.24) is 24.6 Å². The molecule has 2 atom stereocenters. The second-order valence-electron chi connectivity index (χ2n) is 9.38. The molecule has 2 aliphatic rings. The Kier molecular flexibility index (Phi) is 5.32. The van der Waals surface area contributed by atoms with Gasteiger partial charge in [-0.3, -0.25) is 9.48 Å². The van der Waals surface area contributed by atoms with Crippen LogP contribution in [0, 0.1) is 5.92 Å². The van der Waals surface area contributed by atoms with Crippen LogP contribution in [0.15, 0.2) is 18.7 Å². The van der Waals surface area contributed by atoms with Gasteiger partial charge in [0.25, 0.3) is 0 Å². The summed E-state index contributed by atoms with van der Waals surface area (Å²) in [7, 11) is 1.92. The molecule has 1 aliphatic carbocycles. The molecule has 3 heterocycles. The van der Waals surface area contributed by atoms with Crippen molar-refractivity contribution in [3.8, 4) is 0 Å². The maximum Gasteiger partial charge on any atom is 0.223 e. The number of anilines is 1. The van der Waals surface area contributed by atoms with Crippen LogP contribution in [0.25, 0.3) is 0 Å². The summed E-state index contributed by atoms with van der Waals surface area (Å²) < 4.78 is 1.81. The van der Waals surface area contributed by atoms with Crippen LogP contribution in [-0.2, 0) is 24.7 Å². The van der Waals surface area contributed by atoms with E-state index in [1.807, 2.05) is 29.0 Å². The molecule has 2 aromatic heterocycles. The topological polar surface area (TPSA) is 75.9 Å². The number of likely N-dealkylation sites (tertiary alicyclic amines) is 1. The number of hydrogen-bond donors (Lipinski definition) is 1. The number of hydrogen-bond acceptors (Lipinski definition) is 5. The number of amides is 1. The summed E-state index contributed by atoms with van der Waals surface area (Å²) in [6.07, 6.45) is 11.8. The molecule has 2 aromatic rings. The molecular formula is C22H32N6O. The zero-order chi connectivity index (χ0) is 20.6. The van der Waals surface area contributed by atoms with E-state index >= 15 is 0 Å². The number of nitrogens with one attached hydrogen (secondary N) is 1. The smallest absolute Gasteiger partial charge is 0.223 e. The quantitative estimate of drug-likeness (QED) is 0.803. The number of carbonyl (C=O) groups is 1. The van der Waals surface area contributed by atoms with Crippen LogP contribution in [0.1, 0.15) is 69.3 Å². The zero-order valence-electron chi connectivity index (χ0n) is 18.0. The molecule has 156 valence electrons. The molecule has 7 nitrogen and oxygen atoms in total. The fourth-order valence-electron chi connectivity index (χ4n) is 4.87. The van der Waals surface area contributed by atoms with Gasteiger partial charge < -0.3 is 10.2 Å². The Morgan fingerprint density at radius 2 is 1.97 bits per heavy atom. The monoisotopic (exact) mass is 396 g/mol. The fourth-order valence-corrected chi connectivity index (χ4v) is 4.87. The molecule has 1 N–H and O–H groups in total. The lowest BCUT2D eigenvalue weighted by Gasteiger charge is -2.38. The summed E-state index contributed by atoms with van der Waals surface area (Å²) >= 11 is 0. The molecule has 0 unspecified atom stereocenters. The van der Waals surface area contributed by atoms with Gasteiger partial charge in [-0.05, 0) is 46.5 Å². The predicted molar refractivity (Wildman–Crippen MR) is 112 cm³/mol. The summed E-state index contributed by atoms with van der Waals surface area (Å²) in [5.41, 5.74) is 3.31. The molecule has 29 heavy (non-hydrogen) atoms. The van der Waals surface area contributed by atoms with Gasteiger partial charge in [0.1, 0.15) is 12.1 Å². The minimum atomic E-state index is -0.238. The molecule has 0 saturated carbocycles. The van der Waals surface area contributed by atoms with Crippen molar-refractivity contribution in [1.29, 1.82) is 0 Å². The first kappa shape index (κ1) is 19.9. The van der Waals surface area contributed by atoms with E-state index in [2.05, 4.69) is 41.2 Å². The van der Waals surface area contributed by atoms with Crippen LogP contribution in [0.4, 0.5) is 5.82 Å². The molecule has 7 heteroatoms. The van der Waals surface area contributed by atoms with Gasteiger partial charge in [-0.1, -0.05) is 6.42 Å². The minimum absolute atomic E-state index is 0.0177. The number of rotatable bonds is 4. The molecule has 1 saturated heterocycles. The van der Waals surface area contributed by atoms with Crippen LogP contribution in [-0.4, -0.2) is 42.6 Å². The third-order valence-corrected chi connectivity index (χ3v) is 6.13. The normalized spacial score (nSPS) is 22.5. The molecule has 0 radical (unpaired) electrons. The lowest BCUT2D eigenvalue weighted by atomic mass is 9.93. The number of carbonyl (C=O) groups excluding carboxylic acids is 1. The summed E-state index contributed by atoms with van der Waals surface area (Å²) in [6, 6.07) is 0.0177. The van der Waals surface area contributed by atoms with E-state index in [9.17, 15) is 4.79 Å². The van der Waals surface area contributed by atoms with Crippen molar-refractivity contribution in [2.75, 3.05) is 11.9 Å². The van der Waals surface area contributed by atoms with Gasteiger partial charge in [0.05, 0.1) is 12.2 Å². The third kappa shape index (κ3) is 4.00. The van der Waals surface area contributed by atoms with Gasteiger partial charge in [-0.25, -0.2) is 9.97 Å². The van der Waals surface area contributed by atoms with Crippen LogP contribution in [0.2, 0.25) is 0 Å². The first-order chi connectivity index (χ1) is 13.8. The average molecular weight is 397 g/mol. The standard InChI is InChI=1S/C22H32N6O/c1-22(2,3)28-19(29)10-15(20(28)16-12-26-27(4)13-16)11-23-21-17-8-6-5-7-9-18(17)24-14-25-21/h12-15,20H,5-11H2,1-4H3,(H,23,24,25)/t15-,20+/m1/s1. The van der Waals surface area contributed by atoms with E-state index in [1.165, 1.54) is 30.5 Å². The lowest BCUT2D eigenvalue weighted by Crippen LogP contribution is -2.44.